The lowest BCUT2D eigenvalue weighted by Gasteiger charge is -2.41. The van der Waals surface area contributed by atoms with Crippen LogP contribution in [0.2, 0.25) is 0 Å². The molecular formula is C17H27BrN2. The van der Waals surface area contributed by atoms with Gasteiger partial charge in [0.25, 0.3) is 0 Å². The van der Waals surface area contributed by atoms with Crippen LogP contribution >= 0.6 is 15.9 Å². The van der Waals surface area contributed by atoms with E-state index in [0.717, 1.165) is 29.3 Å². The Morgan fingerprint density at radius 2 is 1.90 bits per heavy atom. The van der Waals surface area contributed by atoms with Crippen molar-refractivity contribution < 1.29 is 0 Å². The lowest BCUT2D eigenvalue weighted by Crippen LogP contribution is -2.46. The van der Waals surface area contributed by atoms with E-state index >= 15 is 0 Å². The van der Waals surface area contributed by atoms with Crippen LogP contribution in [0, 0.1) is 11.8 Å². The van der Waals surface area contributed by atoms with Gasteiger partial charge in [0.15, 0.2) is 0 Å². The molecule has 3 heteroatoms. The minimum atomic E-state index is 0.142. The van der Waals surface area contributed by atoms with Crippen LogP contribution in [-0.2, 0) is 0 Å². The highest BCUT2D eigenvalue weighted by atomic mass is 79.9. The van der Waals surface area contributed by atoms with Gasteiger partial charge in [-0.1, -0.05) is 41.9 Å². The predicted molar refractivity (Wildman–Crippen MR) is 89.7 cm³/mol. The predicted octanol–water partition coefficient (Wildman–Crippen LogP) is 4.21. The van der Waals surface area contributed by atoms with Crippen LogP contribution in [0.4, 0.5) is 0 Å². The fraction of sp³-hybridized carbons (Fsp3) is 0.647. The molecule has 1 aliphatic rings. The molecule has 1 heterocycles. The number of hydrogen-bond acceptors (Lipinski definition) is 2. The highest BCUT2D eigenvalue weighted by Crippen LogP contribution is 2.28. The second-order valence-corrected chi connectivity index (χ2v) is 7.42. The van der Waals surface area contributed by atoms with E-state index in [-0.39, 0.29) is 6.04 Å². The second-order valence-electron chi connectivity index (χ2n) is 6.50. The molecule has 0 aliphatic carbocycles. The Morgan fingerprint density at radius 1 is 1.25 bits per heavy atom. The molecule has 1 aliphatic heterocycles. The van der Waals surface area contributed by atoms with E-state index in [0.29, 0.717) is 6.04 Å². The maximum absolute atomic E-state index is 6.34. The fourth-order valence-corrected chi connectivity index (χ4v) is 3.57. The topological polar surface area (TPSA) is 29.3 Å². The van der Waals surface area contributed by atoms with Crippen LogP contribution in [0.3, 0.4) is 0 Å². The third-order valence-corrected chi connectivity index (χ3v) is 5.27. The molecule has 0 saturated carbocycles. The number of halogens is 1. The van der Waals surface area contributed by atoms with Crippen molar-refractivity contribution in [3.8, 4) is 0 Å². The number of benzene rings is 1. The zero-order valence-electron chi connectivity index (χ0n) is 12.8. The van der Waals surface area contributed by atoms with Crippen molar-refractivity contribution in [2.75, 3.05) is 13.1 Å². The van der Waals surface area contributed by atoms with Crippen LogP contribution in [0.15, 0.2) is 28.7 Å². The van der Waals surface area contributed by atoms with Gasteiger partial charge in [0.05, 0.1) is 0 Å². The number of nitrogens with two attached hydrogens (primary N) is 1. The van der Waals surface area contributed by atoms with E-state index in [1.54, 1.807) is 0 Å². The third kappa shape index (κ3) is 4.06. The van der Waals surface area contributed by atoms with E-state index < -0.39 is 0 Å². The van der Waals surface area contributed by atoms with Gasteiger partial charge in [-0.05, 0) is 49.3 Å². The molecule has 112 valence electrons. The summed E-state index contributed by atoms with van der Waals surface area (Å²) in [6, 6.07) is 9.22. The summed E-state index contributed by atoms with van der Waals surface area (Å²) < 4.78 is 1.11. The molecule has 1 aromatic carbocycles. The largest absolute Gasteiger partial charge is 0.324 e. The molecule has 1 aromatic rings. The maximum atomic E-state index is 6.34. The lowest BCUT2D eigenvalue weighted by atomic mass is 9.85. The van der Waals surface area contributed by atoms with Crippen LogP contribution in [0.5, 0.6) is 0 Å². The van der Waals surface area contributed by atoms with Gasteiger partial charge in [0.2, 0.25) is 0 Å². The zero-order chi connectivity index (χ0) is 14.7. The van der Waals surface area contributed by atoms with Gasteiger partial charge in [-0.15, -0.1) is 0 Å². The quantitative estimate of drug-likeness (QED) is 0.891. The number of piperidine rings is 1. The van der Waals surface area contributed by atoms with E-state index in [4.69, 9.17) is 5.73 Å². The minimum Gasteiger partial charge on any atom is -0.324 e. The molecule has 0 aromatic heterocycles. The van der Waals surface area contributed by atoms with Gasteiger partial charge in [-0.25, -0.2) is 0 Å². The molecule has 4 atom stereocenters. The van der Waals surface area contributed by atoms with Crippen molar-refractivity contribution in [1.82, 2.24) is 4.90 Å². The maximum Gasteiger partial charge on any atom is 0.0307 e. The van der Waals surface area contributed by atoms with Crippen molar-refractivity contribution in [3.05, 3.63) is 34.3 Å². The molecule has 4 unspecified atom stereocenters. The molecule has 0 amide bonds. The van der Waals surface area contributed by atoms with Gasteiger partial charge >= 0.3 is 0 Å². The third-order valence-electron chi connectivity index (χ3n) is 4.75. The first-order valence-electron chi connectivity index (χ1n) is 7.72. The first-order valence-corrected chi connectivity index (χ1v) is 8.51. The summed E-state index contributed by atoms with van der Waals surface area (Å²) in [5.74, 6) is 1.60. The monoisotopic (exact) mass is 338 g/mol. The van der Waals surface area contributed by atoms with Crippen molar-refractivity contribution >= 4 is 15.9 Å². The van der Waals surface area contributed by atoms with Crippen LogP contribution in [0.25, 0.3) is 0 Å². The summed E-state index contributed by atoms with van der Waals surface area (Å²) >= 11 is 3.47. The molecule has 0 bridgehead atoms. The smallest absolute Gasteiger partial charge is 0.0307 e. The number of rotatable bonds is 4. The van der Waals surface area contributed by atoms with E-state index in [9.17, 15) is 0 Å². The summed E-state index contributed by atoms with van der Waals surface area (Å²) in [6.07, 6.45) is 2.39. The molecular weight excluding hydrogens is 312 g/mol. The van der Waals surface area contributed by atoms with Gasteiger partial charge in [0.1, 0.15) is 0 Å². The average Bonchev–Trinajstić information content (AvgIpc) is 2.41. The molecule has 0 spiro atoms. The molecule has 0 radical (unpaired) electrons. The first kappa shape index (κ1) is 16.0. The standard InChI is InChI=1S/C17H27BrN2/c1-12-10-13(2)14(3)20(11-12)9-8-17(19)15-4-6-16(18)7-5-15/h4-7,12-14,17H,8-11,19H2,1-3H3. The Labute approximate surface area is 131 Å². The number of nitrogens with zero attached hydrogens (tertiary/aromatic N) is 1. The Balaban J connectivity index is 1.89. The Hall–Kier alpha value is -0.380. The van der Waals surface area contributed by atoms with Crippen LogP contribution in [-0.4, -0.2) is 24.0 Å². The van der Waals surface area contributed by atoms with Crippen molar-refractivity contribution in [1.29, 1.82) is 0 Å². The first-order chi connectivity index (χ1) is 9.47. The molecule has 1 fully saturated rings. The summed E-state index contributed by atoms with van der Waals surface area (Å²) in [5, 5.41) is 0. The molecule has 2 nitrogen and oxygen atoms in total. The summed E-state index contributed by atoms with van der Waals surface area (Å²) in [4.78, 5) is 2.62. The normalized spacial score (nSPS) is 29.4. The number of hydrogen-bond donors (Lipinski definition) is 1. The molecule has 2 rings (SSSR count). The van der Waals surface area contributed by atoms with E-state index in [1.165, 1.54) is 18.5 Å². The number of likely N-dealkylation sites (tertiary alicyclic amines) is 1. The summed E-state index contributed by atoms with van der Waals surface area (Å²) in [6.45, 7) is 9.43. The van der Waals surface area contributed by atoms with Crippen LogP contribution < -0.4 is 5.73 Å². The molecule has 20 heavy (non-hydrogen) atoms. The van der Waals surface area contributed by atoms with Crippen LogP contribution in [0.1, 0.15) is 45.2 Å². The van der Waals surface area contributed by atoms with Gasteiger partial charge in [0, 0.05) is 29.6 Å². The van der Waals surface area contributed by atoms with E-state index in [2.05, 4.69) is 65.9 Å². The van der Waals surface area contributed by atoms with Crippen molar-refractivity contribution in [2.45, 2.75) is 45.7 Å². The van der Waals surface area contributed by atoms with Gasteiger partial charge in [-0.2, -0.15) is 0 Å². The summed E-state index contributed by atoms with van der Waals surface area (Å²) in [7, 11) is 0. The summed E-state index contributed by atoms with van der Waals surface area (Å²) in [5.41, 5.74) is 7.57. The highest BCUT2D eigenvalue weighted by molar-refractivity contribution is 9.10. The minimum absolute atomic E-state index is 0.142. The lowest BCUT2D eigenvalue weighted by molar-refractivity contribution is 0.0770. The fourth-order valence-electron chi connectivity index (χ4n) is 3.31. The van der Waals surface area contributed by atoms with Crippen molar-refractivity contribution in [3.63, 3.8) is 0 Å². The SMILES string of the molecule is CC1CC(C)C(C)N(CCC(N)c2ccc(Br)cc2)C1. The Kier molecular flexibility index (Phi) is 5.65. The Bertz CT molecular complexity index is 418. The molecule has 1 saturated heterocycles. The highest BCUT2D eigenvalue weighted by Gasteiger charge is 2.28. The average molecular weight is 339 g/mol. The Morgan fingerprint density at radius 3 is 2.55 bits per heavy atom. The van der Waals surface area contributed by atoms with Crippen molar-refractivity contribution in [2.24, 2.45) is 17.6 Å². The van der Waals surface area contributed by atoms with Gasteiger partial charge in [-0.3, -0.25) is 0 Å². The zero-order valence-corrected chi connectivity index (χ0v) is 14.4. The van der Waals surface area contributed by atoms with E-state index in [1.807, 2.05) is 0 Å². The second kappa shape index (κ2) is 7.06. The molecule has 2 N–H and O–H groups in total. The van der Waals surface area contributed by atoms with Gasteiger partial charge < -0.3 is 10.6 Å².